The first kappa shape index (κ1) is 17.7. The molecule has 0 saturated heterocycles. The van der Waals surface area contributed by atoms with Gasteiger partial charge in [0.1, 0.15) is 19.5 Å². The summed E-state index contributed by atoms with van der Waals surface area (Å²) in [7, 11) is 1.89. The topological polar surface area (TPSA) is 79.5 Å². The Morgan fingerprint density at radius 2 is 2.00 bits per heavy atom. The summed E-state index contributed by atoms with van der Waals surface area (Å²) in [4.78, 5) is 15.7. The molecule has 0 aliphatic heterocycles. The van der Waals surface area contributed by atoms with Gasteiger partial charge in [0, 0.05) is 24.4 Å². The van der Waals surface area contributed by atoms with Crippen LogP contribution in [0.25, 0.3) is 16.9 Å². The minimum absolute atomic E-state index is 0.223. The maximum atomic E-state index is 14.3. The van der Waals surface area contributed by atoms with E-state index in [1.54, 1.807) is 53.2 Å². The highest BCUT2D eigenvalue weighted by atomic mass is 19.1. The Balaban J connectivity index is 1.73. The molecule has 138 valence electrons. The van der Waals surface area contributed by atoms with Gasteiger partial charge in [-0.1, -0.05) is 24.3 Å². The summed E-state index contributed by atoms with van der Waals surface area (Å²) < 4.78 is 15.9. The first-order chi connectivity index (χ1) is 13.5. The van der Waals surface area contributed by atoms with E-state index in [1.807, 2.05) is 13.9 Å². The van der Waals surface area contributed by atoms with Crippen LogP contribution in [0.4, 0.5) is 10.2 Å². The monoisotopic (exact) mass is 374 g/mol. The van der Waals surface area contributed by atoms with Gasteiger partial charge in [-0.15, -0.1) is 0 Å². The van der Waals surface area contributed by atoms with E-state index in [1.165, 1.54) is 6.07 Å². The van der Waals surface area contributed by atoms with Crippen molar-refractivity contribution in [3.05, 3.63) is 77.7 Å². The molecule has 0 saturated carbocycles. The number of carboxylic acid groups (broad SMARTS) is 1. The zero-order valence-electron chi connectivity index (χ0n) is 15.1. The molecule has 28 heavy (non-hydrogen) atoms. The van der Waals surface area contributed by atoms with Crippen LogP contribution in [0.1, 0.15) is 15.9 Å². The molecule has 4 aromatic rings. The second-order valence-electron chi connectivity index (χ2n) is 6.43. The minimum Gasteiger partial charge on any atom is -0.478 e. The molecule has 8 heteroatoms. The number of hydrogen-bond acceptors (Lipinski definition) is 4. The zero-order chi connectivity index (χ0) is 19.7. The standard InChI is InChI=1S/C20H16BFN4O2/c21-15-11-24-26-18(23-10-12-4-3-5-13(8-12)20(27)28)9-17(25-19(15)26)14-6-1-2-7-16(14)22/h1-9,11,23H,10,21H2,(H,27,28). The number of aromatic carboxylic acids is 1. The lowest BCUT2D eigenvalue weighted by molar-refractivity contribution is 0.0696. The van der Waals surface area contributed by atoms with Crippen LogP contribution >= 0.6 is 0 Å². The number of carboxylic acids is 1. The molecular formula is C20H16BFN4O2. The number of fused-ring (bicyclic) bond motifs is 1. The van der Waals surface area contributed by atoms with Crippen LogP contribution in [0, 0.1) is 5.82 Å². The van der Waals surface area contributed by atoms with Crippen LogP contribution < -0.4 is 10.8 Å². The fourth-order valence-corrected chi connectivity index (χ4v) is 3.01. The smallest absolute Gasteiger partial charge is 0.335 e. The predicted octanol–water partition coefficient (Wildman–Crippen LogP) is 2.10. The molecule has 0 aliphatic carbocycles. The number of hydrogen-bond donors (Lipinski definition) is 2. The summed E-state index contributed by atoms with van der Waals surface area (Å²) in [6.45, 7) is 0.385. The third-order valence-corrected chi connectivity index (χ3v) is 4.45. The fourth-order valence-electron chi connectivity index (χ4n) is 3.01. The van der Waals surface area contributed by atoms with Gasteiger partial charge in [-0.3, -0.25) is 0 Å². The van der Waals surface area contributed by atoms with Gasteiger partial charge in [-0.05, 0) is 35.3 Å². The maximum absolute atomic E-state index is 14.3. The van der Waals surface area contributed by atoms with Crippen molar-refractivity contribution in [2.24, 2.45) is 0 Å². The van der Waals surface area contributed by atoms with E-state index >= 15 is 0 Å². The molecule has 0 spiro atoms. The largest absolute Gasteiger partial charge is 0.478 e. The number of benzene rings is 2. The zero-order valence-corrected chi connectivity index (χ0v) is 15.1. The van der Waals surface area contributed by atoms with Gasteiger partial charge in [0.15, 0.2) is 5.65 Å². The van der Waals surface area contributed by atoms with Crippen molar-refractivity contribution >= 4 is 30.7 Å². The van der Waals surface area contributed by atoms with Crippen molar-refractivity contribution in [1.82, 2.24) is 14.6 Å². The Morgan fingerprint density at radius 1 is 1.18 bits per heavy atom. The highest BCUT2D eigenvalue weighted by Gasteiger charge is 2.13. The van der Waals surface area contributed by atoms with Crippen molar-refractivity contribution in [1.29, 1.82) is 0 Å². The van der Waals surface area contributed by atoms with E-state index in [4.69, 9.17) is 5.11 Å². The van der Waals surface area contributed by atoms with E-state index in [2.05, 4.69) is 15.4 Å². The van der Waals surface area contributed by atoms with Crippen molar-refractivity contribution in [2.75, 3.05) is 5.32 Å². The number of rotatable bonds is 5. The highest BCUT2D eigenvalue weighted by Crippen LogP contribution is 2.24. The first-order valence-electron chi connectivity index (χ1n) is 8.69. The van der Waals surface area contributed by atoms with Crippen LogP contribution in [-0.4, -0.2) is 33.5 Å². The van der Waals surface area contributed by atoms with E-state index < -0.39 is 5.97 Å². The fraction of sp³-hybridized carbons (Fsp3) is 0.0500. The Hall–Kier alpha value is -3.68. The number of carbonyl (C=O) groups is 1. The summed E-state index contributed by atoms with van der Waals surface area (Å²) in [5, 5.41) is 16.7. The van der Waals surface area contributed by atoms with Crippen LogP contribution in [0.15, 0.2) is 60.8 Å². The van der Waals surface area contributed by atoms with Gasteiger partial charge >= 0.3 is 5.97 Å². The van der Waals surface area contributed by atoms with Crippen molar-refractivity contribution < 1.29 is 14.3 Å². The molecular weight excluding hydrogens is 358 g/mol. The normalized spacial score (nSPS) is 10.9. The summed E-state index contributed by atoms with van der Waals surface area (Å²) in [5.74, 6) is -0.689. The second-order valence-corrected chi connectivity index (χ2v) is 6.43. The molecule has 0 unspecified atom stereocenters. The second kappa shape index (κ2) is 7.15. The lowest BCUT2D eigenvalue weighted by atomic mass is 10.0. The summed E-state index contributed by atoms with van der Waals surface area (Å²) >= 11 is 0. The summed E-state index contributed by atoms with van der Waals surface area (Å²) in [6.07, 6.45) is 1.70. The summed E-state index contributed by atoms with van der Waals surface area (Å²) in [5.41, 5.74) is 3.43. The van der Waals surface area contributed by atoms with Crippen LogP contribution in [0.3, 0.4) is 0 Å². The van der Waals surface area contributed by atoms with Gasteiger partial charge in [-0.25, -0.2) is 14.2 Å². The Kier molecular flexibility index (Phi) is 4.53. The van der Waals surface area contributed by atoms with Gasteiger partial charge in [0.25, 0.3) is 0 Å². The van der Waals surface area contributed by atoms with Gasteiger partial charge in [0.2, 0.25) is 0 Å². The SMILES string of the molecule is Bc1cnn2c(NCc3cccc(C(=O)O)c3)cc(-c3ccccc3F)nc12. The molecule has 0 radical (unpaired) electrons. The first-order valence-corrected chi connectivity index (χ1v) is 8.69. The summed E-state index contributed by atoms with van der Waals surface area (Å²) in [6, 6.07) is 14.9. The molecule has 2 N–H and O–H groups in total. The molecule has 0 aliphatic rings. The minimum atomic E-state index is -0.974. The number of halogens is 1. The van der Waals surface area contributed by atoms with Crippen molar-refractivity contribution in [3.63, 3.8) is 0 Å². The molecule has 2 aromatic carbocycles. The van der Waals surface area contributed by atoms with E-state index in [9.17, 15) is 9.18 Å². The molecule has 0 bridgehead atoms. The van der Waals surface area contributed by atoms with Gasteiger partial charge in [0.05, 0.1) is 11.3 Å². The van der Waals surface area contributed by atoms with E-state index in [0.29, 0.717) is 29.3 Å². The highest BCUT2D eigenvalue weighted by molar-refractivity contribution is 6.36. The van der Waals surface area contributed by atoms with Crippen molar-refractivity contribution in [2.45, 2.75) is 6.54 Å². The number of nitrogens with one attached hydrogen (secondary N) is 1. The van der Waals surface area contributed by atoms with Crippen molar-refractivity contribution in [3.8, 4) is 11.3 Å². The molecule has 0 atom stereocenters. The van der Waals surface area contributed by atoms with Gasteiger partial charge in [-0.2, -0.15) is 9.61 Å². The Labute approximate surface area is 161 Å². The Bertz CT molecular complexity index is 1190. The quantitative estimate of drug-likeness (QED) is 0.523. The molecule has 4 rings (SSSR count). The van der Waals surface area contributed by atoms with E-state index in [-0.39, 0.29) is 11.4 Å². The third-order valence-electron chi connectivity index (χ3n) is 4.45. The molecule has 6 nitrogen and oxygen atoms in total. The average Bonchev–Trinajstić information content (AvgIpc) is 3.08. The predicted molar refractivity (Wildman–Crippen MR) is 107 cm³/mol. The van der Waals surface area contributed by atoms with Crippen LogP contribution in [0.2, 0.25) is 0 Å². The number of anilines is 1. The third kappa shape index (κ3) is 3.32. The van der Waals surface area contributed by atoms with Gasteiger partial charge < -0.3 is 10.4 Å². The molecule has 2 aromatic heterocycles. The molecule has 0 amide bonds. The number of aromatic nitrogens is 3. The Morgan fingerprint density at radius 3 is 2.79 bits per heavy atom. The maximum Gasteiger partial charge on any atom is 0.335 e. The van der Waals surface area contributed by atoms with Crippen LogP contribution in [-0.2, 0) is 6.54 Å². The molecule has 0 fully saturated rings. The van der Waals surface area contributed by atoms with E-state index in [0.717, 1.165) is 11.0 Å². The lowest BCUT2D eigenvalue weighted by Crippen LogP contribution is -2.10. The molecule has 2 heterocycles. The average molecular weight is 374 g/mol. The lowest BCUT2D eigenvalue weighted by Gasteiger charge is -2.12. The van der Waals surface area contributed by atoms with Crippen LogP contribution in [0.5, 0.6) is 0 Å². The number of nitrogens with zero attached hydrogens (tertiary/aromatic N) is 3.